The van der Waals surface area contributed by atoms with Crippen molar-refractivity contribution in [1.82, 2.24) is 15.1 Å². The summed E-state index contributed by atoms with van der Waals surface area (Å²) in [4.78, 5) is 4.87. The number of likely N-dealkylation sites (tertiary alicyclic amines) is 1. The van der Waals surface area contributed by atoms with E-state index < -0.39 is 0 Å². The molecule has 1 N–H and O–H groups in total. The Bertz CT molecular complexity index is 174. The fourth-order valence-electron chi connectivity index (χ4n) is 2.54. The van der Waals surface area contributed by atoms with Gasteiger partial charge in [-0.3, -0.25) is 0 Å². The summed E-state index contributed by atoms with van der Waals surface area (Å²) in [6, 6.07) is 0.780. The van der Waals surface area contributed by atoms with Gasteiger partial charge in [-0.25, -0.2) is 0 Å². The molecule has 0 aromatic carbocycles. The Kier molecular flexibility index (Phi) is 7.82. The highest BCUT2D eigenvalue weighted by atomic mass is 15.1. The Morgan fingerprint density at radius 2 is 1.88 bits per heavy atom. The first-order valence-electron chi connectivity index (χ1n) is 7.33. The minimum absolute atomic E-state index is 0.780. The third-order valence-electron chi connectivity index (χ3n) is 3.59. The molecular formula is C14H31N3. The number of hydrogen-bond donors (Lipinski definition) is 1. The van der Waals surface area contributed by atoms with Crippen LogP contribution in [0.25, 0.3) is 0 Å². The van der Waals surface area contributed by atoms with E-state index in [0.29, 0.717) is 0 Å². The maximum Gasteiger partial charge on any atom is 0.00914 e. The number of nitrogens with one attached hydrogen (secondary N) is 1. The average Bonchev–Trinajstić information content (AvgIpc) is 2.31. The van der Waals surface area contributed by atoms with Gasteiger partial charge in [0.2, 0.25) is 0 Å². The Morgan fingerprint density at radius 3 is 2.47 bits per heavy atom. The van der Waals surface area contributed by atoms with Crippen molar-refractivity contribution < 1.29 is 0 Å². The molecule has 0 saturated carbocycles. The van der Waals surface area contributed by atoms with Crippen LogP contribution in [0.15, 0.2) is 0 Å². The molecule has 1 fully saturated rings. The van der Waals surface area contributed by atoms with E-state index in [1.807, 2.05) is 0 Å². The van der Waals surface area contributed by atoms with Crippen molar-refractivity contribution in [1.29, 1.82) is 0 Å². The van der Waals surface area contributed by atoms with Gasteiger partial charge < -0.3 is 15.1 Å². The van der Waals surface area contributed by atoms with E-state index in [1.54, 1.807) is 0 Å². The largest absolute Gasteiger partial charge is 0.314 e. The number of unbranched alkanes of at least 4 members (excludes halogenated alkanes) is 1. The van der Waals surface area contributed by atoms with Gasteiger partial charge in [-0.15, -0.1) is 0 Å². The Labute approximate surface area is 108 Å². The van der Waals surface area contributed by atoms with E-state index in [1.165, 1.54) is 64.8 Å². The van der Waals surface area contributed by atoms with Crippen molar-refractivity contribution in [2.45, 2.75) is 45.1 Å². The highest BCUT2D eigenvalue weighted by molar-refractivity contribution is 4.76. The molecule has 1 aliphatic heterocycles. The fourth-order valence-corrected chi connectivity index (χ4v) is 2.54. The van der Waals surface area contributed by atoms with Gasteiger partial charge in [0.1, 0.15) is 0 Å². The molecule has 0 radical (unpaired) electrons. The van der Waals surface area contributed by atoms with Crippen LogP contribution in [0, 0.1) is 0 Å². The molecule has 0 unspecified atom stereocenters. The van der Waals surface area contributed by atoms with Crippen molar-refractivity contribution in [2.24, 2.45) is 0 Å². The summed E-state index contributed by atoms with van der Waals surface area (Å²) < 4.78 is 0. The molecule has 1 saturated heterocycles. The fraction of sp³-hybridized carbons (Fsp3) is 1.00. The molecule has 17 heavy (non-hydrogen) atoms. The van der Waals surface area contributed by atoms with Crippen LogP contribution in [0.3, 0.4) is 0 Å². The Morgan fingerprint density at radius 1 is 1.18 bits per heavy atom. The monoisotopic (exact) mass is 241 g/mol. The predicted molar refractivity (Wildman–Crippen MR) is 75.5 cm³/mol. The van der Waals surface area contributed by atoms with Gasteiger partial charge in [0, 0.05) is 6.04 Å². The highest BCUT2D eigenvalue weighted by Gasteiger charge is 2.17. The molecule has 0 atom stereocenters. The lowest BCUT2D eigenvalue weighted by Crippen LogP contribution is -2.43. The molecule has 102 valence electrons. The van der Waals surface area contributed by atoms with Gasteiger partial charge >= 0.3 is 0 Å². The van der Waals surface area contributed by atoms with Gasteiger partial charge in [0.05, 0.1) is 0 Å². The molecule has 3 nitrogen and oxygen atoms in total. The topological polar surface area (TPSA) is 18.5 Å². The van der Waals surface area contributed by atoms with Gasteiger partial charge in [-0.05, 0) is 78.9 Å². The van der Waals surface area contributed by atoms with Crippen LogP contribution in [-0.4, -0.2) is 62.7 Å². The van der Waals surface area contributed by atoms with Crippen molar-refractivity contribution in [3.05, 3.63) is 0 Å². The Hall–Kier alpha value is -0.120. The molecule has 0 aliphatic carbocycles. The van der Waals surface area contributed by atoms with E-state index in [2.05, 4.69) is 36.1 Å². The normalized spacial score (nSPS) is 19.1. The van der Waals surface area contributed by atoms with Crippen LogP contribution in [0.4, 0.5) is 0 Å². The number of hydrogen-bond acceptors (Lipinski definition) is 3. The molecule has 0 bridgehead atoms. The second kappa shape index (κ2) is 8.90. The van der Waals surface area contributed by atoms with E-state index >= 15 is 0 Å². The van der Waals surface area contributed by atoms with Gasteiger partial charge in [0.25, 0.3) is 0 Å². The standard InChI is InChI=1S/C14H31N3/c1-4-10-17-12-7-14(8-13-17)15-9-5-6-11-16(2)3/h14-15H,4-13H2,1-3H3. The average molecular weight is 241 g/mol. The smallest absolute Gasteiger partial charge is 0.00914 e. The number of nitrogens with zero attached hydrogens (tertiary/aromatic N) is 2. The van der Waals surface area contributed by atoms with Gasteiger partial charge in [-0.2, -0.15) is 0 Å². The van der Waals surface area contributed by atoms with Gasteiger partial charge in [0.15, 0.2) is 0 Å². The lowest BCUT2D eigenvalue weighted by Gasteiger charge is -2.32. The third-order valence-corrected chi connectivity index (χ3v) is 3.59. The second-order valence-electron chi connectivity index (χ2n) is 5.58. The summed E-state index contributed by atoms with van der Waals surface area (Å²) in [5, 5.41) is 3.71. The zero-order valence-electron chi connectivity index (χ0n) is 12.0. The van der Waals surface area contributed by atoms with Crippen LogP contribution in [0.5, 0.6) is 0 Å². The predicted octanol–water partition coefficient (Wildman–Crippen LogP) is 1.79. The number of rotatable bonds is 8. The first-order valence-corrected chi connectivity index (χ1v) is 7.33. The van der Waals surface area contributed by atoms with E-state index in [9.17, 15) is 0 Å². The summed E-state index contributed by atoms with van der Waals surface area (Å²) in [6.45, 7) is 8.57. The first-order chi connectivity index (χ1) is 8.22. The van der Waals surface area contributed by atoms with Gasteiger partial charge in [-0.1, -0.05) is 6.92 Å². The van der Waals surface area contributed by atoms with Crippen molar-refractivity contribution in [3.63, 3.8) is 0 Å². The first kappa shape index (κ1) is 14.9. The van der Waals surface area contributed by atoms with E-state index in [0.717, 1.165) is 6.04 Å². The molecule has 0 aromatic heterocycles. The van der Waals surface area contributed by atoms with Crippen LogP contribution >= 0.6 is 0 Å². The van der Waals surface area contributed by atoms with Crippen molar-refractivity contribution >= 4 is 0 Å². The molecular weight excluding hydrogens is 210 g/mol. The summed E-state index contributed by atoms with van der Waals surface area (Å²) in [5.74, 6) is 0. The molecule has 0 aromatic rings. The molecule has 3 heteroatoms. The summed E-state index contributed by atoms with van der Waals surface area (Å²) >= 11 is 0. The number of piperidine rings is 1. The minimum atomic E-state index is 0.780. The Balaban J connectivity index is 1.95. The van der Waals surface area contributed by atoms with Crippen molar-refractivity contribution in [3.8, 4) is 0 Å². The quantitative estimate of drug-likeness (QED) is 0.654. The van der Waals surface area contributed by atoms with Crippen molar-refractivity contribution in [2.75, 3.05) is 46.8 Å². The summed E-state index contributed by atoms with van der Waals surface area (Å²) in [5.41, 5.74) is 0. The maximum absolute atomic E-state index is 3.71. The third kappa shape index (κ3) is 7.02. The zero-order chi connectivity index (χ0) is 12.5. The summed E-state index contributed by atoms with van der Waals surface area (Å²) in [6.07, 6.45) is 6.60. The maximum atomic E-state index is 3.71. The molecule has 1 aliphatic rings. The molecule has 1 rings (SSSR count). The lowest BCUT2D eigenvalue weighted by atomic mass is 10.0. The SMILES string of the molecule is CCCN1CCC(NCCCCN(C)C)CC1. The van der Waals surface area contributed by atoms with Crippen LogP contribution in [-0.2, 0) is 0 Å². The van der Waals surface area contributed by atoms with Crippen LogP contribution in [0.1, 0.15) is 39.0 Å². The second-order valence-corrected chi connectivity index (χ2v) is 5.58. The van der Waals surface area contributed by atoms with Crippen LogP contribution in [0.2, 0.25) is 0 Å². The zero-order valence-corrected chi connectivity index (χ0v) is 12.0. The summed E-state index contributed by atoms with van der Waals surface area (Å²) in [7, 11) is 4.30. The molecule has 0 amide bonds. The molecule has 1 heterocycles. The molecule has 0 spiro atoms. The highest BCUT2D eigenvalue weighted by Crippen LogP contribution is 2.10. The van der Waals surface area contributed by atoms with Crippen LogP contribution < -0.4 is 5.32 Å². The van der Waals surface area contributed by atoms with E-state index in [-0.39, 0.29) is 0 Å². The lowest BCUT2D eigenvalue weighted by molar-refractivity contribution is 0.198. The van der Waals surface area contributed by atoms with E-state index in [4.69, 9.17) is 0 Å². The minimum Gasteiger partial charge on any atom is -0.314 e.